The minimum atomic E-state index is -0.770. The van der Waals surface area contributed by atoms with E-state index in [1.807, 2.05) is 0 Å². The van der Waals surface area contributed by atoms with Crippen LogP contribution in [0.2, 0.25) is 0 Å². The molecule has 0 saturated heterocycles. The van der Waals surface area contributed by atoms with E-state index in [9.17, 15) is 4.79 Å². The minimum Gasteiger partial charge on any atom is -0.465 e. The molecule has 0 radical (unpaired) electrons. The van der Waals surface area contributed by atoms with Gasteiger partial charge >= 0.3 is 5.97 Å². The van der Waals surface area contributed by atoms with Crippen molar-refractivity contribution in [2.24, 2.45) is 11.3 Å². The van der Waals surface area contributed by atoms with Gasteiger partial charge in [-0.2, -0.15) is 0 Å². The molecule has 0 fully saturated rings. The van der Waals surface area contributed by atoms with Crippen LogP contribution in [0.5, 0.6) is 0 Å². The van der Waals surface area contributed by atoms with E-state index in [0.717, 1.165) is 18.8 Å². The Kier molecular flexibility index (Phi) is 16.2. The second-order valence-electron chi connectivity index (χ2n) is 8.96. The Morgan fingerprint density at radius 2 is 1.15 bits per heavy atom. The van der Waals surface area contributed by atoms with Crippen molar-refractivity contribution in [1.82, 2.24) is 0 Å². The number of rotatable bonds is 18. The van der Waals surface area contributed by atoms with Gasteiger partial charge in [-0.3, -0.25) is 4.79 Å². The molecule has 1 N–H and O–H groups in total. The molecule has 3 nitrogen and oxygen atoms in total. The first-order valence-electron chi connectivity index (χ1n) is 11.2. The third-order valence-electron chi connectivity index (χ3n) is 5.11. The first-order valence-corrected chi connectivity index (χ1v) is 11.2. The largest absolute Gasteiger partial charge is 0.465 e. The zero-order chi connectivity index (χ0) is 19.7. The number of carbonyl (C=O) groups is 1. The summed E-state index contributed by atoms with van der Waals surface area (Å²) in [5, 5.41) is 9.11. The van der Waals surface area contributed by atoms with Crippen LogP contribution in [0.25, 0.3) is 0 Å². The van der Waals surface area contributed by atoms with E-state index < -0.39 is 5.41 Å². The van der Waals surface area contributed by atoms with Gasteiger partial charge in [0.05, 0.1) is 18.6 Å². The van der Waals surface area contributed by atoms with Crippen LogP contribution in [0, 0.1) is 11.3 Å². The van der Waals surface area contributed by atoms with Crippen LogP contribution in [0.4, 0.5) is 0 Å². The molecule has 156 valence electrons. The summed E-state index contributed by atoms with van der Waals surface area (Å²) in [6, 6.07) is 0. The highest BCUT2D eigenvalue weighted by atomic mass is 16.5. The molecule has 0 heterocycles. The standard InChI is InChI=1S/C23H46O3/c1-21(2)18-16-14-12-10-8-6-5-7-9-11-13-15-17-19-26-22(25)23(3,4)20-24/h21,24H,5-20H2,1-4H3. The van der Waals surface area contributed by atoms with E-state index in [0.29, 0.717) is 6.61 Å². The van der Waals surface area contributed by atoms with E-state index in [1.54, 1.807) is 13.8 Å². The second-order valence-corrected chi connectivity index (χ2v) is 8.96. The molecule has 0 bridgehead atoms. The minimum absolute atomic E-state index is 0.163. The maximum Gasteiger partial charge on any atom is 0.313 e. The molecular formula is C23H46O3. The van der Waals surface area contributed by atoms with E-state index in [4.69, 9.17) is 9.84 Å². The molecule has 0 aromatic carbocycles. The average molecular weight is 371 g/mol. The van der Waals surface area contributed by atoms with Crippen molar-refractivity contribution in [2.45, 2.75) is 118 Å². The summed E-state index contributed by atoms with van der Waals surface area (Å²) >= 11 is 0. The third kappa shape index (κ3) is 15.7. The molecule has 0 saturated carbocycles. The van der Waals surface area contributed by atoms with Gasteiger partial charge in [-0.1, -0.05) is 97.3 Å². The van der Waals surface area contributed by atoms with Crippen molar-refractivity contribution in [3.05, 3.63) is 0 Å². The van der Waals surface area contributed by atoms with Crippen molar-refractivity contribution in [3.63, 3.8) is 0 Å². The fraction of sp³-hybridized carbons (Fsp3) is 0.957. The lowest BCUT2D eigenvalue weighted by Gasteiger charge is -2.19. The van der Waals surface area contributed by atoms with Gasteiger partial charge < -0.3 is 9.84 Å². The maximum atomic E-state index is 11.7. The zero-order valence-corrected chi connectivity index (χ0v) is 18.2. The molecular weight excluding hydrogens is 324 g/mol. The van der Waals surface area contributed by atoms with Gasteiger partial charge in [0, 0.05) is 0 Å². The van der Waals surface area contributed by atoms with Crippen molar-refractivity contribution in [2.75, 3.05) is 13.2 Å². The lowest BCUT2D eigenvalue weighted by molar-refractivity contribution is -0.156. The first kappa shape index (κ1) is 25.4. The Morgan fingerprint density at radius 1 is 0.769 bits per heavy atom. The molecule has 0 aromatic rings. The number of esters is 1. The maximum absolute atomic E-state index is 11.7. The summed E-state index contributed by atoms with van der Waals surface area (Å²) < 4.78 is 5.22. The summed E-state index contributed by atoms with van der Waals surface area (Å²) in [4.78, 5) is 11.7. The molecule has 3 heteroatoms. The second kappa shape index (κ2) is 16.6. The van der Waals surface area contributed by atoms with E-state index in [1.165, 1.54) is 77.0 Å². The van der Waals surface area contributed by atoms with Crippen LogP contribution in [0.15, 0.2) is 0 Å². The SMILES string of the molecule is CC(C)CCCCCCCCCCCCCCCOC(=O)C(C)(C)CO. The summed E-state index contributed by atoms with van der Waals surface area (Å²) in [6.45, 7) is 8.37. The normalized spacial score (nSPS) is 11.9. The summed E-state index contributed by atoms with van der Waals surface area (Å²) in [7, 11) is 0. The van der Waals surface area contributed by atoms with Crippen molar-refractivity contribution >= 4 is 5.97 Å². The molecule has 0 aliphatic heterocycles. The van der Waals surface area contributed by atoms with Crippen molar-refractivity contribution in [3.8, 4) is 0 Å². The molecule has 0 aliphatic rings. The van der Waals surface area contributed by atoms with Gasteiger partial charge in [-0.25, -0.2) is 0 Å². The van der Waals surface area contributed by atoms with Gasteiger partial charge in [0.1, 0.15) is 0 Å². The summed E-state index contributed by atoms with van der Waals surface area (Å²) in [6.07, 6.45) is 18.6. The van der Waals surface area contributed by atoms with Crippen LogP contribution in [0.1, 0.15) is 118 Å². The van der Waals surface area contributed by atoms with Gasteiger partial charge in [0.25, 0.3) is 0 Å². The van der Waals surface area contributed by atoms with Crippen LogP contribution >= 0.6 is 0 Å². The molecule has 0 rings (SSSR count). The molecule has 0 spiro atoms. The Morgan fingerprint density at radius 3 is 1.54 bits per heavy atom. The Bertz CT molecular complexity index is 323. The lowest BCUT2D eigenvalue weighted by Crippen LogP contribution is -2.30. The van der Waals surface area contributed by atoms with Crippen LogP contribution < -0.4 is 0 Å². The predicted molar refractivity (Wildman–Crippen MR) is 111 cm³/mol. The fourth-order valence-electron chi connectivity index (χ4n) is 3.02. The number of ether oxygens (including phenoxy) is 1. The quantitative estimate of drug-likeness (QED) is 0.216. The third-order valence-corrected chi connectivity index (χ3v) is 5.11. The number of aliphatic hydroxyl groups is 1. The molecule has 0 aromatic heterocycles. The monoisotopic (exact) mass is 370 g/mol. The molecule has 0 atom stereocenters. The lowest BCUT2D eigenvalue weighted by atomic mass is 9.95. The number of hydrogen-bond donors (Lipinski definition) is 1. The van der Waals surface area contributed by atoms with Crippen LogP contribution in [-0.4, -0.2) is 24.3 Å². The summed E-state index contributed by atoms with van der Waals surface area (Å²) in [5.74, 6) is 0.573. The average Bonchev–Trinajstić information content (AvgIpc) is 2.60. The highest BCUT2D eigenvalue weighted by Gasteiger charge is 2.28. The molecule has 0 unspecified atom stereocenters. The molecule has 0 amide bonds. The Hall–Kier alpha value is -0.570. The van der Waals surface area contributed by atoms with Crippen molar-refractivity contribution < 1.29 is 14.6 Å². The predicted octanol–water partition coefficient (Wildman–Crippen LogP) is 6.67. The molecule has 0 aliphatic carbocycles. The number of hydrogen-bond acceptors (Lipinski definition) is 3. The van der Waals surface area contributed by atoms with E-state index >= 15 is 0 Å². The van der Waals surface area contributed by atoms with Crippen molar-refractivity contribution in [1.29, 1.82) is 0 Å². The van der Waals surface area contributed by atoms with Gasteiger partial charge in [-0.15, -0.1) is 0 Å². The van der Waals surface area contributed by atoms with Gasteiger partial charge in [0.15, 0.2) is 0 Å². The van der Waals surface area contributed by atoms with E-state index in [-0.39, 0.29) is 12.6 Å². The first-order chi connectivity index (χ1) is 12.4. The summed E-state index contributed by atoms with van der Waals surface area (Å²) in [5.41, 5.74) is -0.770. The van der Waals surface area contributed by atoms with Crippen LogP contribution in [-0.2, 0) is 9.53 Å². The van der Waals surface area contributed by atoms with E-state index in [2.05, 4.69) is 13.8 Å². The number of unbranched alkanes of at least 4 members (excludes halogenated alkanes) is 12. The molecule has 26 heavy (non-hydrogen) atoms. The topological polar surface area (TPSA) is 46.5 Å². The van der Waals surface area contributed by atoms with Gasteiger partial charge in [-0.05, 0) is 26.2 Å². The highest BCUT2D eigenvalue weighted by molar-refractivity contribution is 5.75. The Balaban J connectivity index is 3.19. The number of carbonyl (C=O) groups excluding carboxylic acids is 1. The Labute approximate surface area is 163 Å². The zero-order valence-electron chi connectivity index (χ0n) is 18.2. The smallest absolute Gasteiger partial charge is 0.313 e. The van der Waals surface area contributed by atoms with Crippen LogP contribution in [0.3, 0.4) is 0 Å². The number of aliphatic hydroxyl groups excluding tert-OH is 1. The fourth-order valence-corrected chi connectivity index (χ4v) is 3.02. The van der Waals surface area contributed by atoms with Gasteiger partial charge in [0.2, 0.25) is 0 Å². The highest BCUT2D eigenvalue weighted by Crippen LogP contribution is 2.17.